The van der Waals surface area contributed by atoms with Crippen LogP contribution in [0.2, 0.25) is 0 Å². The largest absolute Gasteiger partial charge is 0.382 e. The van der Waals surface area contributed by atoms with Crippen LogP contribution < -0.4 is 10.5 Å². The molecule has 2 heterocycles. The van der Waals surface area contributed by atoms with E-state index in [-0.39, 0.29) is 17.8 Å². The number of nitrogens with zero attached hydrogens (tertiary/aromatic N) is 3. The van der Waals surface area contributed by atoms with E-state index in [2.05, 4.69) is 14.8 Å². The molecule has 2 atom stereocenters. The van der Waals surface area contributed by atoms with Crippen LogP contribution in [0.5, 0.6) is 0 Å². The van der Waals surface area contributed by atoms with E-state index < -0.39 is 23.7 Å². The topological polar surface area (TPSA) is 99.9 Å². The molecule has 0 aliphatic carbocycles. The van der Waals surface area contributed by atoms with Crippen molar-refractivity contribution in [3.8, 4) is 0 Å². The van der Waals surface area contributed by atoms with Crippen molar-refractivity contribution in [3.63, 3.8) is 0 Å². The van der Waals surface area contributed by atoms with E-state index in [1.54, 1.807) is 11.0 Å². The smallest absolute Gasteiger partial charge is 0.259 e. The van der Waals surface area contributed by atoms with Crippen molar-refractivity contribution in [2.24, 2.45) is 0 Å². The molecule has 3 aromatic rings. The van der Waals surface area contributed by atoms with Crippen molar-refractivity contribution in [3.05, 3.63) is 75.6 Å². The summed E-state index contributed by atoms with van der Waals surface area (Å²) in [5.74, 6) is -0.458. The van der Waals surface area contributed by atoms with Crippen LogP contribution in [0.3, 0.4) is 0 Å². The normalized spacial score (nSPS) is 17.9. The molecule has 1 saturated heterocycles. The summed E-state index contributed by atoms with van der Waals surface area (Å²) in [7, 11) is 0. The number of ether oxygens (including phenoxy) is 1. The summed E-state index contributed by atoms with van der Waals surface area (Å²) in [5, 5.41) is 11.0. The van der Waals surface area contributed by atoms with Crippen LogP contribution in [0.4, 0.5) is 11.4 Å². The third kappa shape index (κ3) is 3.49. The quantitative estimate of drug-likeness (QED) is 0.668. The van der Waals surface area contributed by atoms with Gasteiger partial charge in [0.2, 0.25) is 0 Å². The number of fused-ring (bicyclic) bond motifs is 1. The molecule has 0 saturated carbocycles. The summed E-state index contributed by atoms with van der Waals surface area (Å²) in [6, 6.07) is 12.0. The lowest BCUT2D eigenvalue weighted by atomic mass is 10.1. The van der Waals surface area contributed by atoms with Crippen molar-refractivity contribution in [1.29, 1.82) is 0 Å². The number of amides is 1. The number of aromatic nitrogens is 2. The molecule has 29 heavy (non-hydrogen) atoms. The molecule has 1 fully saturated rings. The molecule has 146 valence electrons. The van der Waals surface area contributed by atoms with Crippen molar-refractivity contribution >= 4 is 28.2 Å². The van der Waals surface area contributed by atoms with Crippen LogP contribution in [-0.2, 0) is 9.53 Å². The number of carbonyl (C=O) groups is 1. The highest BCUT2D eigenvalue weighted by molar-refractivity contribution is 5.97. The number of H-pyrrole nitrogens is 1. The lowest BCUT2D eigenvalue weighted by Crippen LogP contribution is -2.50. The fourth-order valence-corrected chi connectivity index (χ4v) is 3.31. The van der Waals surface area contributed by atoms with Crippen LogP contribution in [0, 0.1) is 13.5 Å². The van der Waals surface area contributed by atoms with Gasteiger partial charge in [-0.25, -0.2) is 9.83 Å². The highest BCUT2D eigenvalue weighted by Crippen LogP contribution is 2.26. The number of nitrogens with one attached hydrogen (secondary N) is 1. The van der Waals surface area contributed by atoms with Crippen molar-refractivity contribution in [2.45, 2.75) is 19.1 Å². The second kappa shape index (κ2) is 7.47. The zero-order chi connectivity index (χ0) is 20.5. The second-order valence-corrected chi connectivity index (χ2v) is 6.83. The number of hydrogen-bond donors (Lipinski definition) is 2. The standard InChI is InChI=1S/C21H18N4O4/c1-12-3-6-14(7-4-12)25-9-10-29-18(21(25)28)17(26)19-23-16-8-5-13(22-2)11-15(16)20(27)24-19/h3-8,11,17-18,26H,9-10H2,1H3,(H,23,24,27)/t17-,18-/m1/s1. The van der Waals surface area contributed by atoms with Gasteiger partial charge in [-0.2, -0.15) is 0 Å². The molecule has 4 rings (SSSR count). The molecule has 1 aliphatic rings. The van der Waals surface area contributed by atoms with E-state index >= 15 is 0 Å². The molecule has 1 amide bonds. The molecule has 0 bridgehead atoms. The van der Waals surface area contributed by atoms with Crippen LogP contribution >= 0.6 is 0 Å². The van der Waals surface area contributed by atoms with Gasteiger partial charge in [0.1, 0.15) is 11.9 Å². The molecule has 0 radical (unpaired) electrons. The Labute approximate surface area is 166 Å². The van der Waals surface area contributed by atoms with Crippen LogP contribution in [0.25, 0.3) is 15.7 Å². The predicted molar refractivity (Wildman–Crippen MR) is 107 cm³/mol. The number of aryl methyl sites for hydroxylation is 1. The number of hydrogen-bond acceptors (Lipinski definition) is 5. The lowest BCUT2D eigenvalue weighted by Gasteiger charge is -2.34. The molecule has 2 N–H and O–H groups in total. The Bertz CT molecular complexity index is 1180. The number of rotatable bonds is 3. The molecule has 0 spiro atoms. The summed E-state index contributed by atoms with van der Waals surface area (Å²) in [4.78, 5) is 37.0. The lowest BCUT2D eigenvalue weighted by molar-refractivity contribution is -0.143. The van der Waals surface area contributed by atoms with Gasteiger partial charge in [0, 0.05) is 12.2 Å². The Morgan fingerprint density at radius 2 is 2.03 bits per heavy atom. The number of morpholine rings is 1. The van der Waals surface area contributed by atoms with Crippen LogP contribution in [0.15, 0.2) is 47.3 Å². The highest BCUT2D eigenvalue weighted by atomic mass is 16.5. The molecule has 8 heteroatoms. The summed E-state index contributed by atoms with van der Waals surface area (Å²) < 4.78 is 5.53. The first-order valence-electron chi connectivity index (χ1n) is 9.07. The Hall–Kier alpha value is -3.54. The highest BCUT2D eigenvalue weighted by Gasteiger charge is 2.37. The van der Waals surface area contributed by atoms with Gasteiger partial charge in [0.05, 0.1) is 24.1 Å². The average Bonchev–Trinajstić information content (AvgIpc) is 2.74. The summed E-state index contributed by atoms with van der Waals surface area (Å²) in [5.41, 5.74) is 1.94. The fourth-order valence-electron chi connectivity index (χ4n) is 3.31. The Morgan fingerprint density at radius 1 is 1.28 bits per heavy atom. The third-order valence-electron chi connectivity index (χ3n) is 4.87. The number of benzene rings is 2. The maximum Gasteiger partial charge on any atom is 0.259 e. The first-order valence-corrected chi connectivity index (χ1v) is 9.07. The molecule has 1 aliphatic heterocycles. The monoisotopic (exact) mass is 390 g/mol. The van der Waals surface area contributed by atoms with Gasteiger partial charge in [-0.3, -0.25) is 9.59 Å². The van der Waals surface area contributed by atoms with Gasteiger partial charge in [-0.15, -0.1) is 0 Å². The van der Waals surface area contributed by atoms with Gasteiger partial charge in [-0.1, -0.05) is 23.8 Å². The Balaban J connectivity index is 1.65. The van der Waals surface area contributed by atoms with Gasteiger partial charge in [0.25, 0.3) is 11.5 Å². The number of aliphatic hydroxyl groups excluding tert-OH is 1. The fraction of sp³-hybridized carbons (Fsp3) is 0.238. The number of aliphatic hydroxyl groups is 1. The number of carbonyl (C=O) groups excluding carboxylic acids is 1. The first-order chi connectivity index (χ1) is 14.0. The van der Waals surface area contributed by atoms with Crippen molar-refractivity contribution < 1.29 is 14.6 Å². The average molecular weight is 390 g/mol. The molecule has 8 nitrogen and oxygen atoms in total. The summed E-state index contributed by atoms with van der Waals surface area (Å²) >= 11 is 0. The maximum atomic E-state index is 12.9. The minimum atomic E-state index is -1.44. The molecule has 2 aromatic carbocycles. The van der Waals surface area contributed by atoms with Gasteiger partial charge in [-0.05, 0) is 31.2 Å². The van der Waals surface area contributed by atoms with E-state index in [0.717, 1.165) is 5.56 Å². The first kappa shape index (κ1) is 18.8. The molecule has 1 aromatic heterocycles. The van der Waals surface area contributed by atoms with Crippen molar-refractivity contribution in [2.75, 3.05) is 18.1 Å². The summed E-state index contributed by atoms with van der Waals surface area (Å²) in [6.45, 7) is 9.62. The van der Waals surface area contributed by atoms with Gasteiger partial charge >= 0.3 is 0 Å². The van der Waals surface area contributed by atoms with E-state index in [1.807, 2.05) is 31.2 Å². The van der Waals surface area contributed by atoms with Gasteiger partial charge in [0.15, 0.2) is 11.8 Å². The molecular weight excluding hydrogens is 372 g/mol. The molecular formula is C21H18N4O4. The number of anilines is 1. The Morgan fingerprint density at radius 3 is 2.76 bits per heavy atom. The Kier molecular flexibility index (Phi) is 4.84. The van der Waals surface area contributed by atoms with E-state index in [4.69, 9.17) is 11.3 Å². The van der Waals surface area contributed by atoms with E-state index in [9.17, 15) is 14.7 Å². The van der Waals surface area contributed by atoms with E-state index in [0.29, 0.717) is 23.4 Å². The number of aromatic amines is 1. The predicted octanol–water partition coefficient (Wildman–Crippen LogP) is 2.25. The van der Waals surface area contributed by atoms with Gasteiger partial charge < -0.3 is 19.7 Å². The zero-order valence-electron chi connectivity index (χ0n) is 15.6. The van der Waals surface area contributed by atoms with E-state index in [1.165, 1.54) is 12.1 Å². The molecule has 0 unspecified atom stereocenters. The zero-order valence-corrected chi connectivity index (χ0v) is 15.6. The van der Waals surface area contributed by atoms with Crippen LogP contribution in [0.1, 0.15) is 17.5 Å². The minimum Gasteiger partial charge on any atom is -0.382 e. The maximum absolute atomic E-state index is 12.9. The second-order valence-electron chi connectivity index (χ2n) is 6.83. The SMILES string of the molecule is [C-]#[N+]c1ccc2nc([C@H](O)[C@H]3OCCN(c4ccc(C)cc4)C3=O)[nH]c(=O)c2c1. The minimum absolute atomic E-state index is 0.0535. The van der Waals surface area contributed by atoms with Crippen LogP contribution in [-0.4, -0.2) is 40.2 Å². The summed E-state index contributed by atoms with van der Waals surface area (Å²) in [6.07, 6.45) is -2.62. The van der Waals surface area contributed by atoms with Crippen molar-refractivity contribution in [1.82, 2.24) is 9.97 Å². The third-order valence-corrected chi connectivity index (χ3v) is 4.87.